The molecule has 2 N–H and O–H groups in total. The molecule has 0 unspecified atom stereocenters. The number of amides is 2. The van der Waals surface area contributed by atoms with Crippen molar-refractivity contribution in [3.05, 3.63) is 24.3 Å². The molecule has 0 saturated heterocycles. The Morgan fingerprint density at radius 3 is 2.36 bits per heavy atom. The Labute approximate surface area is 86.3 Å². The molecule has 2 amide bonds. The number of hydrogen-bond donors (Lipinski definition) is 2. The van der Waals surface area contributed by atoms with Gasteiger partial charge in [-0.15, -0.1) is 11.6 Å². The molecule has 1 aromatic rings. The minimum atomic E-state index is -0.261. The normalized spacial score (nSPS) is 9.21. The van der Waals surface area contributed by atoms with Crippen LogP contribution < -0.4 is 10.6 Å². The highest BCUT2D eigenvalue weighted by Crippen LogP contribution is 2.12. The number of carbonyl (C=O) groups excluding carboxylic acids is 2. The smallest absolute Gasteiger partial charge is 0.239 e. The van der Waals surface area contributed by atoms with Crippen molar-refractivity contribution in [3.8, 4) is 0 Å². The topological polar surface area (TPSA) is 58.2 Å². The molecule has 74 valence electrons. The molecular formula is C9H9ClN2O2. The largest absolute Gasteiger partial charge is 0.329 e. The molecule has 0 radical (unpaired) electrons. The van der Waals surface area contributed by atoms with Crippen LogP contribution in [-0.4, -0.2) is 18.2 Å². The van der Waals surface area contributed by atoms with E-state index < -0.39 is 0 Å². The fraction of sp³-hybridized carbons (Fsp3) is 0.111. The van der Waals surface area contributed by atoms with Gasteiger partial charge in [0.2, 0.25) is 12.3 Å². The molecule has 0 bridgehead atoms. The van der Waals surface area contributed by atoms with Crippen LogP contribution in [0.2, 0.25) is 0 Å². The first-order chi connectivity index (χ1) is 6.76. The second kappa shape index (κ2) is 5.24. The van der Waals surface area contributed by atoms with Crippen molar-refractivity contribution in [2.45, 2.75) is 0 Å². The van der Waals surface area contributed by atoms with Gasteiger partial charge in [0, 0.05) is 11.4 Å². The summed E-state index contributed by atoms with van der Waals surface area (Å²) >= 11 is 5.31. The second-order valence-corrected chi connectivity index (χ2v) is 2.79. The molecule has 0 aromatic heterocycles. The van der Waals surface area contributed by atoms with Gasteiger partial charge in [-0.25, -0.2) is 0 Å². The van der Waals surface area contributed by atoms with Crippen LogP contribution in [0.1, 0.15) is 0 Å². The standard InChI is InChI=1S/C9H9ClN2O2/c10-5-9(14)12-8-3-1-7(2-4-8)11-6-13/h1-4,6H,5H2,(H,11,13)(H,12,14). The lowest BCUT2D eigenvalue weighted by Gasteiger charge is -2.03. The Hall–Kier alpha value is -1.55. The summed E-state index contributed by atoms with van der Waals surface area (Å²) in [4.78, 5) is 21.0. The average molecular weight is 213 g/mol. The predicted molar refractivity (Wildman–Crippen MR) is 55.5 cm³/mol. The summed E-state index contributed by atoms with van der Waals surface area (Å²) in [7, 11) is 0. The van der Waals surface area contributed by atoms with E-state index in [4.69, 9.17) is 11.6 Å². The molecular weight excluding hydrogens is 204 g/mol. The zero-order valence-electron chi connectivity index (χ0n) is 7.29. The number of rotatable bonds is 4. The minimum Gasteiger partial charge on any atom is -0.329 e. The SMILES string of the molecule is O=CNc1ccc(NC(=O)CCl)cc1. The monoisotopic (exact) mass is 212 g/mol. The summed E-state index contributed by atoms with van der Waals surface area (Å²) < 4.78 is 0. The van der Waals surface area contributed by atoms with Gasteiger partial charge >= 0.3 is 0 Å². The van der Waals surface area contributed by atoms with Crippen LogP contribution in [0.3, 0.4) is 0 Å². The van der Waals surface area contributed by atoms with Crippen LogP contribution in [-0.2, 0) is 9.59 Å². The summed E-state index contributed by atoms with van der Waals surface area (Å²) in [5, 5.41) is 5.06. The molecule has 0 spiro atoms. The van der Waals surface area contributed by atoms with Crippen molar-refractivity contribution in [3.63, 3.8) is 0 Å². The molecule has 0 atom stereocenters. The van der Waals surface area contributed by atoms with Gasteiger partial charge in [0.05, 0.1) is 0 Å². The van der Waals surface area contributed by atoms with Gasteiger partial charge in [-0.05, 0) is 24.3 Å². The maximum atomic E-state index is 10.9. The van der Waals surface area contributed by atoms with Crippen molar-refractivity contribution >= 4 is 35.3 Å². The van der Waals surface area contributed by atoms with Gasteiger partial charge in [0.25, 0.3) is 0 Å². The van der Waals surface area contributed by atoms with Gasteiger partial charge < -0.3 is 10.6 Å². The van der Waals surface area contributed by atoms with E-state index in [-0.39, 0.29) is 11.8 Å². The Balaban J connectivity index is 2.63. The van der Waals surface area contributed by atoms with Crippen LogP contribution in [0.25, 0.3) is 0 Å². The Morgan fingerprint density at radius 2 is 1.86 bits per heavy atom. The third-order valence-corrected chi connectivity index (χ3v) is 1.76. The maximum absolute atomic E-state index is 10.9. The number of benzene rings is 1. The van der Waals surface area contributed by atoms with Crippen molar-refractivity contribution in [1.82, 2.24) is 0 Å². The summed E-state index contributed by atoms with van der Waals surface area (Å²) in [6, 6.07) is 6.71. The highest BCUT2D eigenvalue weighted by molar-refractivity contribution is 6.29. The summed E-state index contributed by atoms with van der Waals surface area (Å²) in [5.74, 6) is -0.336. The van der Waals surface area contributed by atoms with Gasteiger partial charge in [0.1, 0.15) is 5.88 Å². The summed E-state index contributed by atoms with van der Waals surface area (Å²) in [6.07, 6.45) is 0.590. The molecule has 0 heterocycles. The third-order valence-electron chi connectivity index (χ3n) is 1.52. The number of halogens is 1. The number of carbonyl (C=O) groups is 2. The molecule has 14 heavy (non-hydrogen) atoms. The van der Waals surface area contributed by atoms with Crippen molar-refractivity contribution in [1.29, 1.82) is 0 Å². The highest BCUT2D eigenvalue weighted by Gasteiger charge is 1.98. The molecule has 0 saturated carbocycles. The lowest BCUT2D eigenvalue weighted by molar-refractivity contribution is -0.114. The molecule has 0 fully saturated rings. The third kappa shape index (κ3) is 3.06. The first-order valence-corrected chi connectivity index (χ1v) is 4.46. The predicted octanol–water partition coefficient (Wildman–Crippen LogP) is 1.43. The van der Waals surface area contributed by atoms with E-state index in [1.807, 2.05) is 0 Å². The van der Waals surface area contributed by atoms with Crippen LogP contribution in [0.15, 0.2) is 24.3 Å². The van der Waals surface area contributed by atoms with E-state index in [1.165, 1.54) is 0 Å². The van der Waals surface area contributed by atoms with E-state index in [2.05, 4.69) is 10.6 Å². The molecule has 0 aliphatic carbocycles. The number of nitrogens with one attached hydrogen (secondary N) is 2. The van der Waals surface area contributed by atoms with Crippen LogP contribution in [0, 0.1) is 0 Å². The van der Waals surface area contributed by atoms with Crippen molar-refractivity contribution < 1.29 is 9.59 Å². The number of hydrogen-bond acceptors (Lipinski definition) is 2. The molecule has 1 rings (SSSR count). The van der Waals surface area contributed by atoms with Gasteiger partial charge in [-0.3, -0.25) is 9.59 Å². The summed E-state index contributed by atoms with van der Waals surface area (Å²) in [5.41, 5.74) is 1.32. The van der Waals surface area contributed by atoms with E-state index in [1.54, 1.807) is 24.3 Å². The van der Waals surface area contributed by atoms with E-state index in [9.17, 15) is 9.59 Å². The Bertz CT molecular complexity index is 324. The zero-order valence-corrected chi connectivity index (χ0v) is 8.04. The Kier molecular flexibility index (Phi) is 3.94. The number of alkyl halides is 1. The fourth-order valence-electron chi connectivity index (χ4n) is 0.912. The maximum Gasteiger partial charge on any atom is 0.239 e. The van der Waals surface area contributed by atoms with Crippen LogP contribution >= 0.6 is 11.6 Å². The van der Waals surface area contributed by atoms with Crippen LogP contribution in [0.4, 0.5) is 11.4 Å². The molecule has 5 heteroatoms. The lowest BCUT2D eigenvalue weighted by atomic mass is 10.3. The average Bonchev–Trinajstić information content (AvgIpc) is 2.21. The van der Waals surface area contributed by atoms with Crippen molar-refractivity contribution in [2.24, 2.45) is 0 Å². The Morgan fingerprint density at radius 1 is 1.29 bits per heavy atom. The van der Waals surface area contributed by atoms with E-state index in [0.717, 1.165) is 0 Å². The van der Waals surface area contributed by atoms with Gasteiger partial charge in [0.15, 0.2) is 0 Å². The lowest BCUT2D eigenvalue weighted by Crippen LogP contribution is -2.12. The van der Waals surface area contributed by atoms with Gasteiger partial charge in [-0.2, -0.15) is 0 Å². The van der Waals surface area contributed by atoms with Crippen molar-refractivity contribution in [2.75, 3.05) is 16.5 Å². The highest BCUT2D eigenvalue weighted by atomic mass is 35.5. The van der Waals surface area contributed by atoms with E-state index >= 15 is 0 Å². The zero-order chi connectivity index (χ0) is 10.4. The van der Waals surface area contributed by atoms with Gasteiger partial charge in [-0.1, -0.05) is 0 Å². The first kappa shape index (κ1) is 10.5. The molecule has 4 nitrogen and oxygen atoms in total. The second-order valence-electron chi connectivity index (χ2n) is 2.52. The fourth-order valence-corrected chi connectivity index (χ4v) is 0.979. The molecule has 0 aliphatic heterocycles. The minimum absolute atomic E-state index is 0.0751. The van der Waals surface area contributed by atoms with E-state index in [0.29, 0.717) is 17.8 Å². The molecule has 0 aliphatic rings. The number of anilines is 2. The molecule has 1 aromatic carbocycles. The summed E-state index contributed by atoms with van der Waals surface area (Å²) in [6.45, 7) is 0. The van der Waals surface area contributed by atoms with Crippen LogP contribution in [0.5, 0.6) is 0 Å². The first-order valence-electron chi connectivity index (χ1n) is 3.92. The quantitative estimate of drug-likeness (QED) is 0.586.